The minimum atomic E-state index is -0.661. The van der Waals surface area contributed by atoms with Gasteiger partial charge in [-0.1, -0.05) is 18.7 Å². The van der Waals surface area contributed by atoms with E-state index in [0.29, 0.717) is 18.5 Å². The zero-order valence-corrected chi connectivity index (χ0v) is 13.3. The molecule has 0 spiro atoms. The Hall–Kier alpha value is -1.15. The van der Waals surface area contributed by atoms with Crippen LogP contribution in [0.15, 0.2) is 5.16 Å². The third-order valence-corrected chi connectivity index (χ3v) is 5.05. The monoisotopic (exact) mass is 310 g/mol. The summed E-state index contributed by atoms with van der Waals surface area (Å²) < 4.78 is 1.90. The van der Waals surface area contributed by atoms with Crippen LogP contribution in [0.1, 0.15) is 52.0 Å². The van der Waals surface area contributed by atoms with Crippen molar-refractivity contribution in [1.82, 2.24) is 25.5 Å². The molecule has 1 aromatic rings. The molecule has 0 radical (unpaired) electrons. The number of carbonyl (C=O) groups excluding carboxylic acids is 1. The van der Waals surface area contributed by atoms with Gasteiger partial charge in [0, 0.05) is 11.3 Å². The molecule has 21 heavy (non-hydrogen) atoms. The Kier molecular flexibility index (Phi) is 3.92. The van der Waals surface area contributed by atoms with Gasteiger partial charge in [-0.2, -0.15) is 0 Å². The van der Waals surface area contributed by atoms with Crippen LogP contribution in [0.5, 0.6) is 0 Å². The predicted octanol–water partition coefficient (Wildman–Crippen LogP) is 0.875. The minimum absolute atomic E-state index is 0.206. The highest BCUT2D eigenvalue weighted by Gasteiger charge is 2.38. The molecular formula is C13H22N6OS. The lowest BCUT2D eigenvalue weighted by Gasteiger charge is -2.30. The second-order valence-corrected chi connectivity index (χ2v) is 7.79. The van der Waals surface area contributed by atoms with E-state index in [2.05, 4.69) is 27.8 Å². The van der Waals surface area contributed by atoms with Gasteiger partial charge < -0.3 is 11.1 Å². The maximum absolute atomic E-state index is 11.8. The summed E-state index contributed by atoms with van der Waals surface area (Å²) in [5.41, 5.74) is 4.94. The summed E-state index contributed by atoms with van der Waals surface area (Å²) in [4.78, 5) is 11.8. The third-order valence-electron chi connectivity index (χ3n) is 4.00. The molecule has 8 heteroatoms. The number of hydrogen-bond acceptors (Lipinski definition) is 6. The Balaban J connectivity index is 1.62. The highest BCUT2D eigenvalue weighted by atomic mass is 32.2. The Bertz CT molecular complexity index is 526. The Morgan fingerprint density at radius 1 is 1.52 bits per heavy atom. The average Bonchev–Trinajstić information content (AvgIpc) is 3.32. The van der Waals surface area contributed by atoms with E-state index in [9.17, 15) is 4.79 Å². The van der Waals surface area contributed by atoms with Crippen LogP contribution in [0.3, 0.4) is 0 Å². The standard InChI is InChI=1S/C13H22N6OS/c1-8(7-13(2,11(14)20)15-9-3-4-9)21-12-16-17-18-19(12)10-5-6-10/h8-10,15H,3-7H2,1-2H3,(H2,14,20). The SMILES string of the molecule is CC(CC(C)(NC1CC1)C(N)=O)Sc1nnnn1C1CC1. The van der Waals surface area contributed by atoms with Crippen LogP contribution in [0.4, 0.5) is 0 Å². The summed E-state index contributed by atoms with van der Waals surface area (Å²) in [5, 5.41) is 16.3. The fraction of sp³-hybridized carbons (Fsp3) is 0.846. The van der Waals surface area contributed by atoms with Crippen LogP contribution in [-0.4, -0.2) is 42.9 Å². The maximum Gasteiger partial charge on any atom is 0.237 e. The maximum atomic E-state index is 11.8. The summed E-state index contributed by atoms with van der Waals surface area (Å²) in [7, 11) is 0. The number of thioether (sulfide) groups is 1. The van der Waals surface area contributed by atoms with Gasteiger partial charge in [0.15, 0.2) is 0 Å². The third kappa shape index (κ3) is 3.55. The summed E-state index contributed by atoms with van der Waals surface area (Å²) >= 11 is 1.62. The van der Waals surface area contributed by atoms with Crippen molar-refractivity contribution in [2.75, 3.05) is 0 Å². The number of amides is 1. The number of carbonyl (C=O) groups is 1. The van der Waals surface area contributed by atoms with Gasteiger partial charge in [0.2, 0.25) is 11.1 Å². The van der Waals surface area contributed by atoms with E-state index in [4.69, 9.17) is 5.73 Å². The van der Waals surface area contributed by atoms with Gasteiger partial charge in [0.1, 0.15) is 0 Å². The van der Waals surface area contributed by atoms with E-state index in [1.54, 1.807) is 11.8 Å². The average molecular weight is 310 g/mol. The molecule has 3 rings (SSSR count). The van der Waals surface area contributed by atoms with Gasteiger partial charge in [-0.3, -0.25) is 4.79 Å². The molecule has 0 saturated heterocycles. The quantitative estimate of drug-likeness (QED) is 0.691. The van der Waals surface area contributed by atoms with Crippen LogP contribution in [0, 0.1) is 0 Å². The summed E-state index contributed by atoms with van der Waals surface area (Å²) in [6.07, 6.45) is 5.22. The Labute approximate surface area is 128 Å². The second-order valence-electron chi connectivity index (χ2n) is 6.38. The number of nitrogens with one attached hydrogen (secondary N) is 1. The van der Waals surface area contributed by atoms with Crippen molar-refractivity contribution in [3.8, 4) is 0 Å². The fourth-order valence-electron chi connectivity index (χ4n) is 2.52. The first-order valence-corrected chi connectivity index (χ1v) is 8.38. The van der Waals surface area contributed by atoms with Gasteiger partial charge in [-0.25, -0.2) is 4.68 Å². The lowest BCUT2D eigenvalue weighted by molar-refractivity contribution is -0.124. The highest BCUT2D eigenvalue weighted by molar-refractivity contribution is 7.99. The van der Waals surface area contributed by atoms with E-state index in [-0.39, 0.29) is 11.2 Å². The molecule has 116 valence electrons. The number of hydrogen-bond donors (Lipinski definition) is 2. The van der Waals surface area contributed by atoms with E-state index in [1.165, 1.54) is 0 Å². The molecule has 2 saturated carbocycles. The number of rotatable bonds is 8. The fourth-order valence-corrected chi connectivity index (χ4v) is 3.67. The molecule has 2 atom stereocenters. The van der Waals surface area contributed by atoms with Crippen LogP contribution < -0.4 is 11.1 Å². The van der Waals surface area contributed by atoms with Crippen LogP contribution in [-0.2, 0) is 4.79 Å². The van der Waals surface area contributed by atoms with Crippen molar-refractivity contribution >= 4 is 17.7 Å². The van der Waals surface area contributed by atoms with Crippen molar-refractivity contribution in [2.45, 2.75) is 74.0 Å². The topological polar surface area (TPSA) is 98.7 Å². The smallest absolute Gasteiger partial charge is 0.237 e. The molecular weight excluding hydrogens is 288 g/mol. The number of nitrogens with zero attached hydrogens (tertiary/aromatic N) is 4. The molecule has 0 aromatic carbocycles. The molecule has 7 nitrogen and oxygen atoms in total. The van der Waals surface area contributed by atoms with Gasteiger partial charge >= 0.3 is 0 Å². The molecule has 1 heterocycles. The Morgan fingerprint density at radius 3 is 2.81 bits per heavy atom. The first-order valence-electron chi connectivity index (χ1n) is 7.50. The van der Waals surface area contributed by atoms with E-state index >= 15 is 0 Å². The zero-order valence-electron chi connectivity index (χ0n) is 12.5. The first-order chi connectivity index (χ1) is 9.98. The molecule has 2 unspecified atom stereocenters. The molecule has 2 aliphatic rings. The first kappa shape index (κ1) is 14.8. The molecule has 2 aliphatic carbocycles. The highest BCUT2D eigenvalue weighted by Crippen LogP contribution is 2.38. The van der Waals surface area contributed by atoms with Gasteiger partial charge in [-0.05, 0) is 49.5 Å². The molecule has 1 aromatic heterocycles. The zero-order chi connectivity index (χ0) is 15.0. The van der Waals surface area contributed by atoms with Crippen LogP contribution in [0.2, 0.25) is 0 Å². The van der Waals surface area contributed by atoms with Crippen LogP contribution >= 0.6 is 11.8 Å². The lowest BCUT2D eigenvalue weighted by Crippen LogP contribution is -2.55. The summed E-state index contributed by atoms with van der Waals surface area (Å²) in [6, 6.07) is 0.901. The van der Waals surface area contributed by atoms with Crippen molar-refractivity contribution in [3.63, 3.8) is 0 Å². The summed E-state index contributed by atoms with van der Waals surface area (Å²) in [6.45, 7) is 3.99. The van der Waals surface area contributed by atoms with Crippen LogP contribution in [0.25, 0.3) is 0 Å². The minimum Gasteiger partial charge on any atom is -0.368 e. The molecule has 0 aliphatic heterocycles. The second kappa shape index (κ2) is 5.57. The number of aromatic nitrogens is 4. The number of tetrazole rings is 1. The van der Waals surface area contributed by atoms with E-state index in [0.717, 1.165) is 30.8 Å². The van der Waals surface area contributed by atoms with Crippen molar-refractivity contribution in [1.29, 1.82) is 0 Å². The van der Waals surface area contributed by atoms with E-state index < -0.39 is 5.54 Å². The van der Waals surface area contributed by atoms with Gasteiger partial charge in [-0.15, -0.1) is 5.10 Å². The van der Waals surface area contributed by atoms with Crippen molar-refractivity contribution in [3.05, 3.63) is 0 Å². The predicted molar refractivity (Wildman–Crippen MR) is 79.8 cm³/mol. The number of primary amides is 1. The van der Waals surface area contributed by atoms with E-state index in [1.807, 2.05) is 11.6 Å². The Morgan fingerprint density at radius 2 is 2.24 bits per heavy atom. The molecule has 2 fully saturated rings. The molecule has 3 N–H and O–H groups in total. The molecule has 0 bridgehead atoms. The van der Waals surface area contributed by atoms with Gasteiger partial charge in [0.25, 0.3) is 0 Å². The summed E-state index contributed by atoms with van der Waals surface area (Å²) in [5.74, 6) is -0.288. The lowest BCUT2D eigenvalue weighted by atomic mass is 9.95. The van der Waals surface area contributed by atoms with Gasteiger partial charge in [0.05, 0.1) is 11.6 Å². The largest absolute Gasteiger partial charge is 0.368 e. The number of nitrogens with two attached hydrogens (primary N) is 1. The van der Waals surface area contributed by atoms with Crippen molar-refractivity contribution in [2.24, 2.45) is 5.73 Å². The normalized spacial score (nSPS) is 22.8. The molecule has 1 amide bonds. The van der Waals surface area contributed by atoms with Crippen molar-refractivity contribution < 1.29 is 4.79 Å².